The fourth-order valence-corrected chi connectivity index (χ4v) is 1.43. The highest BCUT2D eigenvalue weighted by Crippen LogP contribution is 2.16. The average molecular weight is 231 g/mol. The highest BCUT2D eigenvalue weighted by Gasteiger charge is 2.09. The Kier molecular flexibility index (Phi) is 4.78. The number of carbonyl (C=O) groups excluding carboxylic acids is 1. The minimum Gasteiger partial charge on any atom is -0.465 e. The van der Waals surface area contributed by atoms with Gasteiger partial charge in [0.15, 0.2) is 0 Å². The van der Waals surface area contributed by atoms with E-state index in [-0.39, 0.29) is 5.97 Å². The number of methoxy groups -OCH3 is 1. The topological polar surface area (TPSA) is 75.1 Å². The Labute approximate surface area is 99.3 Å². The second-order valence-corrected chi connectivity index (χ2v) is 3.33. The molecule has 1 rings (SSSR count). The molecule has 5 nitrogen and oxygen atoms in total. The minimum absolute atomic E-state index is 0.290. The molecule has 88 valence electrons. The first kappa shape index (κ1) is 12.8. The molecule has 0 aromatic heterocycles. The lowest BCUT2D eigenvalue weighted by molar-refractivity contribution is 0.0600. The van der Waals surface area contributed by atoms with Crippen molar-refractivity contribution in [1.29, 1.82) is 0 Å². The molecular weight excluding hydrogens is 218 g/mol. The Hall–Kier alpha value is -2.26. The molecule has 0 heterocycles. The van der Waals surface area contributed by atoms with Crippen LogP contribution in [0.2, 0.25) is 0 Å². The third kappa shape index (κ3) is 3.36. The second-order valence-electron chi connectivity index (χ2n) is 3.33. The maximum absolute atomic E-state index is 11.4. The maximum Gasteiger partial charge on any atom is 0.338 e. The smallest absolute Gasteiger partial charge is 0.338 e. The van der Waals surface area contributed by atoms with Crippen LogP contribution in [0.1, 0.15) is 21.5 Å². The summed E-state index contributed by atoms with van der Waals surface area (Å²) < 4.78 is 4.69. The second kappa shape index (κ2) is 6.35. The van der Waals surface area contributed by atoms with Gasteiger partial charge in [-0.1, -0.05) is 29.4 Å². The van der Waals surface area contributed by atoms with Gasteiger partial charge < -0.3 is 4.74 Å². The van der Waals surface area contributed by atoms with Crippen molar-refractivity contribution < 1.29 is 9.53 Å². The van der Waals surface area contributed by atoms with Crippen LogP contribution in [0.3, 0.4) is 0 Å². The molecule has 0 unspecified atom stereocenters. The predicted molar refractivity (Wildman–Crippen MR) is 65.6 cm³/mol. The molecule has 1 aromatic carbocycles. The molecule has 0 spiro atoms. The van der Waals surface area contributed by atoms with Crippen molar-refractivity contribution in [3.8, 4) is 0 Å². The van der Waals surface area contributed by atoms with Crippen molar-refractivity contribution in [3.63, 3.8) is 0 Å². The van der Waals surface area contributed by atoms with Crippen molar-refractivity contribution in [1.82, 2.24) is 0 Å². The normalized spacial score (nSPS) is 10.0. The van der Waals surface area contributed by atoms with Crippen molar-refractivity contribution in [3.05, 3.63) is 51.4 Å². The SMILES string of the molecule is COC(=O)c1cccc(C=CCN=[N+]=[N-])c1C. The molecular formula is C12H13N3O2. The molecule has 0 saturated heterocycles. The number of nitrogens with zero attached hydrogens (tertiary/aromatic N) is 3. The van der Waals surface area contributed by atoms with Gasteiger partial charge in [0.1, 0.15) is 0 Å². The molecule has 0 saturated carbocycles. The van der Waals surface area contributed by atoms with E-state index in [1.54, 1.807) is 18.2 Å². The van der Waals surface area contributed by atoms with Crippen LogP contribution < -0.4 is 0 Å². The van der Waals surface area contributed by atoms with Crippen LogP contribution in [0.4, 0.5) is 0 Å². The summed E-state index contributed by atoms with van der Waals surface area (Å²) >= 11 is 0. The zero-order valence-corrected chi connectivity index (χ0v) is 9.75. The molecule has 0 N–H and O–H groups in total. The van der Waals surface area contributed by atoms with Gasteiger partial charge in [-0.2, -0.15) is 0 Å². The summed E-state index contributed by atoms with van der Waals surface area (Å²) in [6.45, 7) is 2.14. The third-order valence-electron chi connectivity index (χ3n) is 2.33. The summed E-state index contributed by atoms with van der Waals surface area (Å²) in [6.07, 6.45) is 3.56. The lowest BCUT2D eigenvalue weighted by Gasteiger charge is -2.06. The number of hydrogen-bond acceptors (Lipinski definition) is 3. The number of azide groups is 1. The quantitative estimate of drug-likeness (QED) is 0.345. The molecule has 1 aromatic rings. The lowest BCUT2D eigenvalue weighted by atomic mass is 10.0. The Morgan fingerprint density at radius 2 is 2.35 bits per heavy atom. The van der Waals surface area contributed by atoms with Gasteiger partial charge in [-0.15, -0.1) is 0 Å². The van der Waals surface area contributed by atoms with Gasteiger partial charge in [0.25, 0.3) is 0 Å². The Morgan fingerprint density at radius 1 is 1.59 bits per heavy atom. The van der Waals surface area contributed by atoms with Gasteiger partial charge in [-0.05, 0) is 29.6 Å². The van der Waals surface area contributed by atoms with Crippen LogP contribution in [-0.2, 0) is 4.74 Å². The maximum atomic E-state index is 11.4. The van der Waals surface area contributed by atoms with Gasteiger partial charge in [-0.3, -0.25) is 0 Å². The Bertz CT molecular complexity index is 489. The van der Waals surface area contributed by atoms with Crippen LogP contribution in [0.15, 0.2) is 29.4 Å². The van der Waals surface area contributed by atoms with E-state index in [1.807, 2.05) is 19.1 Å². The Morgan fingerprint density at radius 3 is 3.00 bits per heavy atom. The van der Waals surface area contributed by atoms with Crippen molar-refractivity contribution in [2.24, 2.45) is 5.11 Å². The molecule has 0 fully saturated rings. The van der Waals surface area contributed by atoms with E-state index >= 15 is 0 Å². The molecule has 0 aliphatic carbocycles. The first-order chi connectivity index (χ1) is 8.20. The zero-order valence-electron chi connectivity index (χ0n) is 9.75. The molecule has 0 radical (unpaired) electrons. The fourth-order valence-electron chi connectivity index (χ4n) is 1.43. The number of esters is 1. The molecule has 0 bridgehead atoms. The van der Waals surface area contributed by atoms with E-state index in [2.05, 4.69) is 14.8 Å². The van der Waals surface area contributed by atoms with E-state index in [1.165, 1.54) is 7.11 Å². The summed E-state index contributed by atoms with van der Waals surface area (Å²) in [5.74, 6) is -0.354. The first-order valence-electron chi connectivity index (χ1n) is 5.06. The summed E-state index contributed by atoms with van der Waals surface area (Å²) in [6, 6.07) is 5.38. The van der Waals surface area contributed by atoms with E-state index < -0.39 is 0 Å². The summed E-state index contributed by atoms with van der Waals surface area (Å²) in [7, 11) is 1.35. The van der Waals surface area contributed by atoms with Crippen LogP contribution in [0.5, 0.6) is 0 Å². The lowest BCUT2D eigenvalue weighted by Crippen LogP contribution is -2.04. The van der Waals surface area contributed by atoms with E-state index in [4.69, 9.17) is 5.53 Å². The molecule has 0 aliphatic heterocycles. The number of carbonyl (C=O) groups is 1. The average Bonchev–Trinajstić information content (AvgIpc) is 2.35. The van der Waals surface area contributed by atoms with Gasteiger partial charge >= 0.3 is 5.97 Å². The summed E-state index contributed by atoms with van der Waals surface area (Å²) in [4.78, 5) is 14.1. The van der Waals surface area contributed by atoms with E-state index in [0.717, 1.165) is 11.1 Å². The van der Waals surface area contributed by atoms with Gasteiger partial charge in [0, 0.05) is 11.5 Å². The van der Waals surface area contributed by atoms with Crippen molar-refractivity contribution in [2.75, 3.05) is 13.7 Å². The monoisotopic (exact) mass is 231 g/mol. The molecule has 17 heavy (non-hydrogen) atoms. The highest BCUT2D eigenvalue weighted by atomic mass is 16.5. The van der Waals surface area contributed by atoms with Gasteiger partial charge in [0.05, 0.1) is 12.7 Å². The molecule has 0 atom stereocenters. The first-order valence-corrected chi connectivity index (χ1v) is 5.06. The summed E-state index contributed by atoms with van der Waals surface area (Å²) in [5.41, 5.74) is 10.4. The van der Waals surface area contributed by atoms with E-state index in [0.29, 0.717) is 12.1 Å². The number of hydrogen-bond donors (Lipinski definition) is 0. The van der Waals surface area contributed by atoms with Crippen LogP contribution in [-0.4, -0.2) is 19.6 Å². The third-order valence-corrected chi connectivity index (χ3v) is 2.33. The predicted octanol–water partition coefficient (Wildman–Crippen LogP) is 3.11. The Balaban J connectivity index is 2.98. The number of benzene rings is 1. The van der Waals surface area contributed by atoms with Crippen LogP contribution in [0, 0.1) is 6.92 Å². The zero-order chi connectivity index (χ0) is 12.7. The molecule has 0 amide bonds. The highest BCUT2D eigenvalue weighted by molar-refractivity contribution is 5.92. The van der Waals surface area contributed by atoms with Crippen LogP contribution in [0.25, 0.3) is 16.5 Å². The minimum atomic E-state index is -0.354. The number of ether oxygens (including phenoxy) is 1. The van der Waals surface area contributed by atoms with Gasteiger partial charge in [0.2, 0.25) is 0 Å². The van der Waals surface area contributed by atoms with Crippen molar-refractivity contribution in [2.45, 2.75) is 6.92 Å². The van der Waals surface area contributed by atoms with Crippen LogP contribution >= 0.6 is 0 Å². The fraction of sp³-hybridized carbons (Fsp3) is 0.250. The number of rotatable bonds is 4. The van der Waals surface area contributed by atoms with Crippen molar-refractivity contribution >= 4 is 12.0 Å². The van der Waals surface area contributed by atoms with E-state index in [9.17, 15) is 4.79 Å². The van der Waals surface area contributed by atoms with Gasteiger partial charge in [-0.25, -0.2) is 4.79 Å². The largest absolute Gasteiger partial charge is 0.465 e. The summed E-state index contributed by atoms with van der Waals surface area (Å²) in [5, 5.41) is 3.39. The molecule has 0 aliphatic rings. The standard InChI is InChI=1S/C12H13N3O2/c1-9-10(6-4-8-14-15-13)5-3-7-11(9)12(16)17-2/h3-7H,8H2,1-2H3. The molecule has 5 heteroatoms.